The highest BCUT2D eigenvalue weighted by molar-refractivity contribution is 7.71. The third kappa shape index (κ3) is 4.15. The molecule has 0 aliphatic carbocycles. The number of rotatable bonds is 6. The number of nitrogens with zero attached hydrogens (tertiary/aromatic N) is 2. The van der Waals surface area contributed by atoms with Crippen LogP contribution in [-0.4, -0.2) is 27.8 Å². The maximum atomic E-state index is 12.9. The van der Waals surface area contributed by atoms with Gasteiger partial charge in [-0.05, 0) is 54.2 Å². The van der Waals surface area contributed by atoms with Crippen molar-refractivity contribution in [2.24, 2.45) is 0 Å². The molecule has 134 valence electrons. The summed E-state index contributed by atoms with van der Waals surface area (Å²) >= 11 is 5.23. The largest absolute Gasteiger partial charge is 0.497 e. The van der Waals surface area contributed by atoms with Gasteiger partial charge in [0.15, 0.2) is 10.6 Å². The molecule has 26 heavy (non-hydrogen) atoms. The molecule has 2 N–H and O–H groups in total. The van der Waals surface area contributed by atoms with Crippen LogP contribution in [0, 0.1) is 10.6 Å². The molecule has 0 saturated heterocycles. The second kappa shape index (κ2) is 7.92. The second-order valence-corrected chi connectivity index (χ2v) is 5.96. The lowest BCUT2D eigenvalue weighted by atomic mass is 10.2. The highest BCUT2D eigenvalue weighted by Gasteiger charge is 2.12. The van der Waals surface area contributed by atoms with Crippen molar-refractivity contribution in [1.29, 1.82) is 0 Å². The van der Waals surface area contributed by atoms with Gasteiger partial charge in [-0.3, -0.25) is 14.5 Å². The lowest BCUT2D eigenvalue weighted by Gasteiger charge is -2.09. The van der Waals surface area contributed by atoms with Gasteiger partial charge in [0.2, 0.25) is 5.91 Å². The fraction of sp³-hybridized carbons (Fsp3) is 0.167. The Morgan fingerprint density at radius 1 is 1.23 bits per heavy atom. The van der Waals surface area contributed by atoms with Crippen LogP contribution in [0.4, 0.5) is 4.39 Å². The first-order chi connectivity index (χ1) is 12.6. The zero-order valence-electron chi connectivity index (χ0n) is 14.0. The van der Waals surface area contributed by atoms with Gasteiger partial charge in [-0.15, -0.1) is 0 Å². The summed E-state index contributed by atoms with van der Waals surface area (Å²) in [6, 6.07) is 13.3. The molecule has 0 aliphatic heterocycles. The second-order valence-electron chi connectivity index (χ2n) is 5.57. The molecule has 0 unspecified atom stereocenters. The number of methoxy groups -OCH3 is 1. The summed E-state index contributed by atoms with van der Waals surface area (Å²) < 4.78 is 20.0. The quantitative estimate of drug-likeness (QED) is 0.653. The zero-order valence-corrected chi connectivity index (χ0v) is 14.8. The van der Waals surface area contributed by atoms with Crippen LogP contribution in [0.1, 0.15) is 5.56 Å². The van der Waals surface area contributed by atoms with Gasteiger partial charge in [0.1, 0.15) is 18.1 Å². The summed E-state index contributed by atoms with van der Waals surface area (Å²) in [5.74, 6) is 0.761. The van der Waals surface area contributed by atoms with Crippen molar-refractivity contribution in [3.05, 3.63) is 64.7 Å². The van der Waals surface area contributed by atoms with Crippen molar-refractivity contribution in [2.45, 2.75) is 13.1 Å². The molecule has 1 amide bonds. The molecular weight excluding hydrogens is 355 g/mol. The lowest BCUT2D eigenvalue weighted by molar-refractivity contribution is -0.121. The maximum absolute atomic E-state index is 12.9. The van der Waals surface area contributed by atoms with Crippen molar-refractivity contribution in [3.8, 4) is 17.1 Å². The van der Waals surface area contributed by atoms with Crippen LogP contribution in [0.2, 0.25) is 0 Å². The summed E-state index contributed by atoms with van der Waals surface area (Å²) in [6.45, 7) is 0.333. The third-order valence-corrected chi connectivity index (χ3v) is 4.12. The number of H-pyrrole nitrogens is 1. The first-order valence-corrected chi connectivity index (χ1v) is 8.28. The van der Waals surface area contributed by atoms with Crippen molar-refractivity contribution in [2.75, 3.05) is 7.11 Å². The predicted molar refractivity (Wildman–Crippen MR) is 97.6 cm³/mol. The van der Waals surface area contributed by atoms with Crippen molar-refractivity contribution in [1.82, 2.24) is 20.1 Å². The molecule has 0 spiro atoms. The lowest BCUT2D eigenvalue weighted by Crippen LogP contribution is -2.27. The number of aromatic nitrogens is 3. The molecule has 1 aromatic heterocycles. The van der Waals surface area contributed by atoms with Crippen LogP contribution < -0.4 is 10.1 Å². The number of hydrogen-bond donors (Lipinski definition) is 2. The summed E-state index contributed by atoms with van der Waals surface area (Å²) in [5.41, 5.74) is 1.62. The van der Waals surface area contributed by atoms with Crippen LogP contribution in [0.25, 0.3) is 11.4 Å². The first kappa shape index (κ1) is 17.8. The Bertz CT molecular complexity index is 949. The maximum Gasteiger partial charge on any atom is 0.240 e. The monoisotopic (exact) mass is 372 g/mol. The number of nitrogens with one attached hydrogen (secondary N) is 2. The molecule has 1 heterocycles. The first-order valence-electron chi connectivity index (χ1n) is 7.87. The number of amides is 1. The van der Waals surface area contributed by atoms with Gasteiger partial charge in [0.05, 0.1) is 7.11 Å². The Hall–Kier alpha value is -3.00. The Kier molecular flexibility index (Phi) is 5.43. The molecule has 0 fully saturated rings. The van der Waals surface area contributed by atoms with E-state index < -0.39 is 0 Å². The Morgan fingerprint density at radius 2 is 1.92 bits per heavy atom. The van der Waals surface area contributed by atoms with E-state index in [1.807, 2.05) is 24.3 Å². The van der Waals surface area contributed by atoms with E-state index >= 15 is 0 Å². The van der Waals surface area contributed by atoms with Crippen LogP contribution in [0.3, 0.4) is 0 Å². The molecule has 3 aromatic rings. The average molecular weight is 372 g/mol. The molecular formula is C18H17FN4O2S. The van der Waals surface area contributed by atoms with Gasteiger partial charge in [-0.2, -0.15) is 5.10 Å². The van der Waals surface area contributed by atoms with Gasteiger partial charge in [-0.25, -0.2) is 4.39 Å². The minimum atomic E-state index is -0.311. The number of benzene rings is 2. The number of halogens is 1. The Balaban J connectivity index is 1.71. The van der Waals surface area contributed by atoms with Gasteiger partial charge in [0.25, 0.3) is 0 Å². The van der Waals surface area contributed by atoms with E-state index in [1.165, 1.54) is 12.1 Å². The van der Waals surface area contributed by atoms with E-state index in [-0.39, 0.29) is 18.3 Å². The average Bonchev–Trinajstić information content (AvgIpc) is 3.02. The standard InChI is InChI=1S/C18H17FN4O2S/c1-25-15-8-4-13(5-9-15)17-21-22-18(26)23(17)11-16(24)20-10-12-2-6-14(19)7-3-12/h2-9H,10-11H2,1H3,(H,20,24)(H,22,26). The Labute approximate surface area is 154 Å². The van der Waals surface area contributed by atoms with Gasteiger partial charge < -0.3 is 10.1 Å². The molecule has 0 atom stereocenters. The van der Waals surface area contributed by atoms with E-state index in [4.69, 9.17) is 17.0 Å². The topological polar surface area (TPSA) is 71.9 Å². The van der Waals surface area contributed by atoms with E-state index in [2.05, 4.69) is 15.5 Å². The minimum absolute atomic E-state index is 0.0257. The van der Waals surface area contributed by atoms with Crippen LogP contribution in [-0.2, 0) is 17.9 Å². The van der Waals surface area contributed by atoms with Gasteiger partial charge in [0, 0.05) is 12.1 Å². The molecule has 6 nitrogen and oxygen atoms in total. The molecule has 3 rings (SSSR count). The van der Waals surface area contributed by atoms with Crippen molar-refractivity contribution < 1.29 is 13.9 Å². The zero-order chi connectivity index (χ0) is 18.5. The molecule has 8 heteroatoms. The molecule has 0 saturated carbocycles. The van der Waals surface area contributed by atoms with E-state index in [1.54, 1.807) is 23.8 Å². The van der Waals surface area contributed by atoms with Gasteiger partial charge in [-0.1, -0.05) is 12.1 Å². The fourth-order valence-corrected chi connectivity index (χ4v) is 2.62. The number of carbonyl (C=O) groups excluding carboxylic acids is 1. The summed E-state index contributed by atoms with van der Waals surface area (Å²) in [6.07, 6.45) is 0. The molecule has 0 aliphatic rings. The molecule has 0 radical (unpaired) electrons. The van der Waals surface area contributed by atoms with Crippen molar-refractivity contribution >= 4 is 18.1 Å². The number of aromatic amines is 1. The number of carbonyl (C=O) groups is 1. The highest BCUT2D eigenvalue weighted by Crippen LogP contribution is 2.20. The summed E-state index contributed by atoms with van der Waals surface area (Å²) in [4.78, 5) is 12.3. The third-order valence-electron chi connectivity index (χ3n) is 3.81. The van der Waals surface area contributed by atoms with Crippen LogP contribution >= 0.6 is 12.2 Å². The molecule has 2 aromatic carbocycles. The highest BCUT2D eigenvalue weighted by atomic mass is 32.1. The van der Waals surface area contributed by atoms with Crippen LogP contribution in [0.15, 0.2) is 48.5 Å². The SMILES string of the molecule is COc1ccc(-c2n[nH]c(=S)n2CC(=O)NCc2ccc(F)cc2)cc1. The van der Waals surface area contributed by atoms with Gasteiger partial charge >= 0.3 is 0 Å². The minimum Gasteiger partial charge on any atom is -0.497 e. The number of hydrogen-bond acceptors (Lipinski definition) is 4. The fourth-order valence-electron chi connectivity index (χ4n) is 2.43. The smallest absolute Gasteiger partial charge is 0.240 e. The van der Waals surface area contributed by atoms with E-state index in [9.17, 15) is 9.18 Å². The van der Waals surface area contributed by atoms with E-state index in [0.717, 1.165) is 16.9 Å². The normalized spacial score (nSPS) is 10.5. The van der Waals surface area contributed by atoms with Crippen molar-refractivity contribution in [3.63, 3.8) is 0 Å². The predicted octanol–water partition coefficient (Wildman–Crippen LogP) is 3.07. The summed E-state index contributed by atoms with van der Waals surface area (Å²) in [5, 5.41) is 9.71. The number of ether oxygens (including phenoxy) is 1. The van der Waals surface area contributed by atoms with Crippen LogP contribution in [0.5, 0.6) is 5.75 Å². The summed E-state index contributed by atoms with van der Waals surface area (Å²) in [7, 11) is 1.59. The van der Waals surface area contributed by atoms with E-state index in [0.29, 0.717) is 17.1 Å². The molecule has 0 bridgehead atoms. The Morgan fingerprint density at radius 3 is 2.58 bits per heavy atom.